The maximum absolute atomic E-state index is 12.4. The van der Waals surface area contributed by atoms with Gasteiger partial charge in [0.1, 0.15) is 5.82 Å². The Balaban J connectivity index is 1.93. The van der Waals surface area contributed by atoms with Gasteiger partial charge in [0.25, 0.3) is 0 Å². The van der Waals surface area contributed by atoms with Crippen LogP contribution in [-0.4, -0.2) is 46.4 Å². The summed E-state index contributed by atoms with van der Waals surface area (Å²) in [4.78, 5) is 12.4. The molecule has 1 aromatic heterocycles. The Kier molecular flexibility index (Phi) is 4.11. The molecular formula is C15H20N4O3S. The van der Waals surface area contributed by atoms with Crippen LogP contribution < -0.4 is 5.69 Å². The first-order valence-corrected chi connectivity index (χ1v) is 9.39. The number of aryl methyl sites for hydroxylation is 1. The molecular weight excluding hydrogens is 316 g/mol. The fraction of sp³-hybridized carbons (Fsp3) is 0.467. The van der Waals surface area contributed by atoms with E-state index in [1.807, 2.05) is 30.3 Å². The number of piperidine rings is 1. The fourth-order valence-electron chi connectivity index (χ4n) is 3.01. The molecule has 0 aliphatic carbocycles. The van der Waals surface area contributed by atoms with E-state index in [9.17, 15) is 13.2 Å². The van der Waals surface area contributed by atoms with Gasteiger partial charge in [0.2, 0.25) is 10.0 Å². The smallest absolute Gasteiger partial charge is 0.247 e. The molecule has 124 valence electrons. The molecule has 1 saturated heterocycles. The van der Waals surface area contributed by atoms with E-state index in [4.69, 9.17) is 0 Å². The van der Waals surface area contributed by atoms with Gasteiger partial charge in [0.15, 0.2) is 0 Å². The Morgan fingerprint density at radius 3 is 2.30 bits per heavy atom. The second-order valence-electron chi connectivity index (χ2n) is 5.87. The Morgan fingerprint density at radius 2 is 1.74 bits per heavy atom. The normalized spacial score (nSPS) is 17.5. The van der Waals surface area contributed by atoms with Crippen LogP contribution in [0.5, 0.6) is 0 Å². The van der Waals surface area contributed by atoms with Crippen LogP contribution in [0.25, 0.3) is 5.69 Å². The Labute approximate surface area is 135 Å². The number of aromatic nitrogens is 3. The van der Waals surface area contributed by atoms with Gasteiger partial charge in [-0.2, -0.15) is 5.10 Å². The lowest BCUT2D eigenvalue weighted by Gasteiger charge is -2.29. The molecule has 0 N–H and O–H groups in total. The minimum absolute atomic E-state index is 0.0714. The van der Waals surface area contributed by atoms with Crippen molar-refractivity contribution in [2.75, 3.05) is 19.3 Å². The third-order valence-corrected chi connectivity index (χ3v) is 5.56. The molecule has 0 spiro atoms. The van der Waals surface area contributed by atoms with Crippen LogP contribution in [0.3, 0.4) is 0 Å². The lowest BCUT2D eigenvalue weighted by molar-refractivity contribution is 0.313. The predicted molar refractivity (Wildman–Crippen MR) is 87.2 cm³/mol. The van der Waals surface area contributed by atoms with E-state index in [0.29, 0.717) is 31.8 Å². The summed E-state index contributed by atoms with van der Waals surface area (Å²) in [6.07, 6.45) is 2.56. The Hall–Kier alpha value is -1.93. The standard InChI is InChI=1S/C15H20N4O3S/c1-17-15(20)19(13-6-4-3-5-7-13)14(16-17)12-8-10-18(11-9-12)23(2,21)22/h3-7,12H,8-11H2,1-2H3. The van der Waals surface area contributed by atoms with Crippen LogP contribution >= 0.6 is 0 Å². The maximum atomic E-state index is 12.4. The highest BCUT2D eigenvalue weighted by molar-refractivity contribution is 7.88. The Morgan fingerprint density at radius 1 is 1.13 bits per heavy atom. The SMILES string of the molecule is Cn1nc(C2CCN(S(C)(=O)=O)CC2)n(-c2ccccc2)c1=O. The highest BCUT2D eigenvalue weighted by atomic mass is 32.2. The first kappa shape index (κ1) is 15.9. The molecule has 0 saturated carbocycles. The minimum atomic E-state index is -3.16. The van der Waals surface area contributed by atoms with Gasteiger partial charge in [-0.15, -0.1) is 0 Å². The van der Waals surface area contributed by atoms with Crippen molar-refractivity contribution in [1.29, 1.82) is 0 Å². The van der Waals surface area contributed by atoms with E-state index in [1.165, 1.54) is 15.2 Å². The maximum Gasteiger partial charge on any atom is 0.350 e. The number of rotatable bonds is 3. The summed E-state index contributed by atoms with van der Waals surface area (Å²) in [5.41, 5.74) is 0.600. The summed E-state index contributed by atoms with van der Waals surface area (Å²) in [6.45, 7) is 0.923. The molecule has 3 rings (SSSR count). The summed E-state index contributed by atoms with van der Waals surface area (Å²) in [5.74, 6) is 0.777. The molecule has 0 atom stereocenters. The lowest BCUT2D eigenvalue weighted by atomic mass is 9.97. The molecule has 23 heavy (non-hydrogen) atoms. The monoisotopic (exact) mass is 336 g/mol. The molecule has 0 amide bonds. The molecule has 1 aromatic carbocycles. The van der Waals surface area contributed by atoms with Gasteiger partial charge < -0.3 is 0 Å². The summed E-state index contributed by atoms with van der Waals surface area (Å²) < 4.78 is 27.7. The zero-order valence-electron chi connectivity index (χ0n) is 13.2. The van der Waals surface area contributed by atoms with Gasteiger partial charge in [0, 0.05) is 26.1 Å². The number of hydrogen-bond acceptors (Lipinski definition) is 4. The molecule has 8 heteroatoms. The lowest BCUT2D eigenvalue weighted by Crippen LogP contribution is -2.37. The molecule has 0 bridgehead atoms. The zero-order valence-corrected chi connectivity index (χ0v) is 14.0. The van der Waals surface area contributed by atoms with E-state index in [-0.39, 0.29) is 11.6 Å². The number of sulfonamides is 1. The number of hydrogen-bond donors (Lipinski definition) is 0. The van der Waals surface area contributed by atoms with Crippen LogP contribution in [0.4, 0.5) is 0 Å². The average molecular weight is 336 g/mol. The predicted octanol–water partition coefficient (Wildman–Crippen LogP) is 0.710. The largest absolute Gasteiger partial charge is 0.350 e. The highest BCUT2D eigenvalue weighted by Gasteiger charge is 2.29. The van der Waals surface area contributed by atoms with Crippen LogP contribution in [0.2, 0.25) is 0 Å². The fourth-order valence-corrected chi connectivity index (χ4v) is 3.89. The second kappa shape index (κ2) is 5.93. The topological polar surface area (TPSA) is 77.2 Å². The van der Waals surface area contributed by atoms with E-state index in [1.54, 1.807) is 11.6 Å². The van der Waals surface area contributed by atoms with Crippen LogP contribution in [0.1, 0.15) is 24.6 Å². The quantitative estimate of drug-likeness (QED) is 0.827. The first-order chi connectivity index (χ1) is 10.9. The molecule has 7 nitrogen and oxygen atoms in total. The van der Waals surface area contributed by atoms with Gasteiger partial charge >= 0.3 is 5.69 Å². The van der Waals surface area contributed by atoms with Gasteiger partial charge in [-0.3, -0.25) is 0 Å². The molecule has 1 aliphatic rings. The van der Waals surface area contributed by atoms with Crippen molar-refractivity contribution < 1.29 is 8.42 Å². The number of para-hydroxylation sites is 1. The van der Waals surface area contributed by atoms with Gasteiger partial charge in [-0.05, 0) is 25.0 Å². The molecule has 2 aromatic rings. The average Bonchev–Trinajstić information content (AvgIpc) is 2.83. The zero-order chi connectivity index (χ0) is 16.6. The number of benzene rings is 1. The van der Waals surface area contributed by atoms with E-state index < -0.39 is 10.0 Å². The van der Waals surface area contributed by atoms with Crippen molar-refractivity contribution in [3.63, 3.8) is 0 Å². The summed E-state index contributed by atoms with van der Waals surface area (Å²) >= 11 is 0. The van der Waals surface area contributed by atoms with Crippen molar-refractivity contribution in [1.82, 2.24) is 18.7 Å². The molecule has 0 unspecified atom stereocenters. The summed E-state index contributed by atoms with van der Waals surface area (Å²) in [6, 6.07) is 9.40. The van der Waals surface area contributed by atoms with Gasteiger partial charge in [-0.1, -0.05) is 18.2 Å². The third kappa shape index (κ3) is 3.09. The van der Waals surface area contributed by atoms with Crippen molar-refractivity contribution in [2.24, 2.45) is 7.05 Å². The third-order valence-electron chi connectivity index (χ3n) is 4.25. The molecule has 0 radical (unpaired) electrons. The molecule has 2 heterocycles. The van der Waals surface area contributed by atoms with Crippen LogP contribution in [0.15, 0.2) is 35.1 Å². The Bertz CT molecular complexity index is 847. The van der Waals surface area contributed by atoms with Crippen molar-refractivity contribution >= 4 is 10.0 Å². The van der Waals surface area contributed by atoms with Crippen LogP contribution in [-0.2, 0) is 17.1 Å². The van der Waals surface area contributed by atoms with Crippen molar-refractivity contribution in [3.8, 4) is 5.69 Å². The highest BCUT2D eigenvalue weighted by Crippen LogP contribution is 2.28. The van der Waals surface area contributed by atoms with Gasteiger partial charge in [0.05, 0.1) is 11.9 Å². The molecule has 1 fully saturated rings. The van der Waals surface area contributed by atoms with E-state index in [0.717, 1.165) is 5.69 Å². The minimum Gasteiger partial charge on any atom is -0.247 e. The van der Waals surface area contributed by atoms with Gasteiger partial charge in [-0.25, -0.2) is 26.8 Å². The first-order valence-electron chi connectivity index (χ1n) is 7.54. The van der Waals surface area contributed by atoms with Crippen LogP contribution in [0, 0.1) is 0 Å². The summed E-state index contributed by atoms with van der Waals surface area (Å²) in [7, 11) is -1.52. The second-order valence-corrected chi connectivity index (χ2v) is 7.85. The summed E-state index contributed by atoms with van der Waals surface area (Å²) in [5, 5.41) is 4.40. The number of nitrogens with zero attached hydrogens (tertiary/aromatic N) is 4. The van der Waals surface area contributed by atoms with E-state index in [2.05, 4.69) is 5.10 Å². The molecule has 1 aliphatic heterocycles. The van der Waals surface area contributed by atoms with Crippen molar-refractivity contribution in [3.05, 3.63) is 46.6 Å². The van der Waals surface area contributed by atoms with Crippen molar-refractivity contribution in [2.45, 2.75) is 18.8 Å². The van der Waals surface area contributed by atoms with E-state index >= 15 is 0 Å².